The van der Waals surface area contributed by atoms with Gasteiger partial charge in [0, 0.05) is 4.88 Å². The van der Waals surface area contributed by atoms with Crippen LogP contribution in [0.5, 0.6) is 0 Å². The van der Waals surface area contributed by atoms with Gasteiger partial charge in [0.2, 0.25) is 0 Å². The molecule has 5 heteroatoms. The number of nitrogens with zero attached hydrogens (tertiary/aromatic N) is 3. The molecule has 0 bridgehead atoms. The molecule has 0 aliphatic heterocycles. The molecule has 102 valence electrons. The van der Waals surface area contributed by atoms with Crippen molar-refractivity contribution < 1.29 is 0 Å². The first-order valence-corrected chi connectivity index (χ1v) is 7.35. The van der Waals surface area contributed by atoms with Gasteiger partial charge < -0.3 is 5.32 Å². The predicted molar refractivity (Wildman–Crippen MR) is 83.2 cm³/mol. The third-order valence-electron chi connectivity index (χ3n) is 3.17. The molecule has 0 aliphatic carbocycles. The van der Waals surface area contributed by atoms with Crippen LogP contribution in [0.2, 0.25) is 0 Å². The van der Waals surface area contributed by atoms with E-state index < -0.39 is 0 Å². The van der Waals surface area contributed by atoms with Gasteiger partial charge in [-0.1, -0.05) is 12.1 Å². The van der Waals surface area contributed by atoms with E-state index in [0.29, 0.717) is 6.54 Å². The van der Waals surface area contributed by atoms with Crippen molar-refractivity contribution in [3.63, 3.8) is 0 Å². The predicted octanol–water partition coefficient (Wildman–Crippen LogP) is 3.62. The molecule has 0 fully saturated rings. The number of thiazole rings is 1. The molecule has 20 heavy (non-hydrogen) atoms. The fourth-order valence-electron chi connectivity index (χ4n) is 2.16. The smallest absolute Gasteiger partial charge is 0.148 e. The van der Waals surface area contributed by atoms with E-state index in [1.165, 1.54) is 4.88 Å². The van der Waals surface area contributed by atoms with Crippen molar-refractivity contribution in [3.8, 4) is 0 Å². The minimum absolute atomic E-state index is 0.685. The van der Waals surface area contributed by atoms with E-state index in [9.17, 15) is 0 Å². The largest absolute Gasteiger partial charge is 0.363 e. The number of aryl methyl sites for hydroxylation is 3. The summed E-state index contributed by atoms with van der Waals surface area (Å²) < 4.78 is 0. The lowest BCUT2D eigenvalue weighted by Gasteiger charge is -2.08. The van der Waals surface area contributed by atoms with Crippen molar-refractivity contribution in [1.82, 2.24) is 15.0 Å². The number of benzene rings is 1. The molecule has 0 aliphatic rings. The van der Waals surface area contributed by atoms with Crippen molar-refractivity contribution in [1.29, 1.82) is 0 Å². The molecule has 3 aromatic rings. The fourth-order valence-corrected chi connectivity index (χ4v) is 2.99. The van der Waals surface area contributed by atoms with E-state index in [-0.39, 0.29) is 0 Å². The molecule has 0 amide bonds. The van der Waals surface area contributed by atoms with Crippen LogP contribution in [0.3, 0.4) is 0 Å². The number of fused-ring (bicyclic) bond motifs is 1. The second kappa shape index (κ2) is 5.17. The van der Waals surface area contributed by atoms with Crippen LogP contribution in [0.15, 0.2) is 24.3 Å². The highest BCUT2D eigenvalue weighted by molar-refractivity contribution is 7.11. The zero-order valence-electron chi connectivity index (χ0n) is 11.8. The van der Waals surface area contributed by atoms with Crippen molar-refractivity contribution >= 4 is 28.2 Å². The van der Waals surface area contributed by atoms with Crippen LogP contribution in [0, 0.1) is 20.8 Å². The Bertz CT molecular complexity index is 764. The number of anilines is 1. The molecular weight excluding hydrogens is 268 g/mol. The molecule has 0 unspecified atom stereocenters. The molecule has 4 nitrogen and oxygen atoms in total. The van der Waals surface area contributed by atoms with E-state index in [1.807, 2.05) is 38.1 Å². The molecular formula is C15H16N4S. The minimum atomic E-state index is 0.685. The number of hydrogen-bond acceptors (Lipinski definition) is 5. The topological polar surface area (TPSA) is 50.7 Å². The quantitative estimate of drug-likeness (QED) is 0.798. The van der Waals surface area contributed by atoms with E-state index in [0.717, 1.165) is 33.2 Å². The highest BCUT2D eigenvalue weighted by atomic mass is 32.1. The monoisotopic (exact) mass is 284 g/mol. The second-order valence-electron chi connectivity index (χ2n) is 4.74. The summed E-state index contributed by atoms with van der Waals surface area (Å²) in [5, 5.41) is 4.44. The molecule has 2 heterocycles. The van der Waals surface area contributed by atoms with Crippen LogP contribution in [0.25, 0.3) is 11.0 Å². The van der Waals surface area contributed by atoms with Gasteiger partial charge in [0.1, 0.15) is 5.82 Å². The third-order valence-corrected chi connectivity index (χ3v) is 4.10. The van der Waals surface area contributed by atoms with Gasteiger partial charge in [-0.3, -0.25) is 0 Å². The first-order chi connectivity index (χ1) is 9.63. The zero-order chi connectivity index (χ0) is 14.1. The lowest BCUT2D eigenvalue weighted by Crippen LogP contribution is -2.06. The Balaban J connectivity index is 1.87. The maximum Gasteiger partial charge on any atom is 0.148 e. The fraction of sp³-hybridized carbons (Fsp3) is 0.267. The molecule has 3 rings (SSSR count). The lowest BCUT2D eigenvalue weighted by atomic mass is 10.3. The van der Waals surface area contributed by atoms with Crippen LogP contribution < -0.4 is 5.32 Å². The van der Waals surface area contributed by atoms with Gasteiger partial charge in [-0.05, 0) is 32.9 Å². The highest BCUT2D eigenvalue weighted by Gasteiger charge is 2.08. The summed E-state index contributed by atoms with van der Waals surface area (Å²) in [6, 6.07) is 7.91. The van der Waals surface area contributed by atoms with E-state index in [2.05, 4.69) is 27.2 Å². The summed E-state index contributed by atoms with van der Waals surface area (Å²) in [6.45, 7) is 6.79. The van der Waals surface area contributed by atoms with Gasteiger partial charge in [-0.2, -0.15) is 0 Å². The third kappa shape index (κ3) is 2.49. The van der Waals surface area contributed by atoms with Crippen LogP contribution in [0.4, 0.5) is 5.82 Å². The van der Waals surface area contributed by atoms with Gasteiger partial charge >= 0.3 is 0 Å². The summed E-state index contributed by atoms with van der Waals surface area (Å²) in [6.07, 6.45) is 0. The van der Waals surface area contributed by atoms with Gasteiger partial charge in [-0.15, -0.1) is 11.3 Å². The van der Waals surface area contributed by atoms with E-state index >= 15 is 0 Å². The van der Waals surface area contributed by atoms with Crippen molar-refractivity contribution in [2.45, 2.75) is 27.3 Å². The summed E-state index contributed by atoms with van der Waals surface area (Å²) in [5.41, 5.74) is 3.83. The molecule has 0 spiro atoms. The Kier molecular flexibility index (Phi) is 3.36. The Labute approximate surface area is 121 Å². The molecule has 0 saturated heterocycles. The zero-order valence-corrected chi connectivity index (χ0v) is 12.6. The lowest BCUT2D eigenvalue weighted by molar-refractivity contribution is 1.01. The first kappa shape index (κ1) is 13.0. The van der Waals surface area contributed by atoms with E-state index in [1.54, 1.807) is 11.3 Å². The maximum absolute atomic E-state index is 4.63. The Morgan fingerprint density at radius 3 is 2.35 bits per heavy atom. The number of aromatic nitrogens is 3. The molecule has 1 N–H and O–H groups in total. The highest BCUT2D eigenvalue weighted by Crippen LogP contribution is 2.19. The number of hydrogen-bond donors (Lipinski definition) is 1. The molecule has 0 atom stereocenters. The second-order valence-corrected chi connectivity index (χ2v) is 6.14. The number of para-hydroxylation sites is 2. The standard InChI is InChI=1S/C15H16N4S/c1-9-15(16-8-14-10(2)20-11(3)18-14)19-13-7-5-4-6-12(13)17-9/h4-7H,8H2,1-3H3,(H,16,19). The van der Waals surface area contributed by atoms with Gasteiger partial charge in [-0.25, -0.2) is 15.0 Å². The molecule has 0 saturated carbocycles. The number of rotatable bonds is 3. The molecule has 0 radical (unpaired) electrons. The maximum atomic E-state index is 4.63. The van der Waals surface area contributed by atoms with Crippen LogP contribution >= 0.6 is 11.3 Å². The van der Waals surface area contributed by atoms with Crippen LogP contribution in [0.1, 0.15) is 21.3 Å². The molecule has 1 aromatic carbocycles. The average molecular weight is 284 g/mol. The SMILES string of the molecule is Cc1nc(CNc2nc3ccccc3nc2C)c(C)s1. The summed E-state index contributed by atoms with van der Waals surface area (Å²) in [5.74, 6) is 0.828. The van der Waals surface area contributed by atoms with Crippen molar-refractivity contribution in [2.24, 2.45) is 0 Å². The Morgan fingerprint density at radius 1 is 1.00 bits per heavy atom. The minimum Gasteiger partial charge on any atom is -0.363 e. The summed E-state index contributed by atoms with van der Waals surface area (Å²) in [7, 11) is 0. The summed E-state index contributed by atoms with van der Waals surface area (Å²) in [4.78, 5) is 15.0. The van der Waals surface area contributed by atoms with Gasteiger partial charge in [0.05, 0.1) is 34.0 Å². The Morgan fingerprint density at radius 2 is 1.70 bits per heavy atom. The normalized spacial score (nSPS) is 10.9. The van der Waals surface area contributed by atoms with Gasteiger partial charge in [0.15, 0.2) is 0 Å². The van der Waals surface area contributed by atoms with Crippen molar-refractivity contribution in [2.75, 3.05) is 5.32 Å². The first-order valence-electron chi connectivity index (χ1n) is 6.53. The van der Waals surface area contributed by atoms with E-state index in [4.69, 9.17) is 0 Å². The molecule has 2 aromatic heterocycles. The van der Waals surface area contributed by atoms with Crippen LogP contribution in [-0.4, -0.2) is 15.0 Å². The average Bonchev–Trinajstić information content (AvgIpc) is 2.74. The van der Waals surface area contributed by atoms with Crippen LogP contribution in [-0.2, 0) is 6.54 Å². The Hall–Kier alpha value is -2.01. The summed E-state index contributed by atoms with van der Waals surface area (Å²) >= 11 is 1.72. The van der Waals surface area contributed by atoms with Gasteiger partial charge in [0.25, 0.3) is 0 Å². The number of nitrogens with one attached hydrogen (secondary N) is 1. The van der Waals surface area contributed by atoms with Crippen molar-refractivity contribution in [3.05, 3.63) is 45.5 Å².